The smallest absolute Gasteiger partial charge is 0.303 e. The Labute approximate surface area is 92.3 Å². The Bertz CT molecular complexity index is 239. The fourth-order valence-corrected chi connectivity index (χ4v) is 1.03. The first-order chi connectivity index (χ1) is 7.20. The second-order valence-electron chi connectivity index (χ2n) is 3.27. The number of allylic oxidation sites excluding steroid dienone is 3. The van der Waals surface area contributed by atoms with Crippen molar-refractivity contribution in [3.05, 3.63) is 37.0 Å². The molecule has 1 atom stereocenters. The van der Waals surface area contributed by atoms with E-state index in [2.05, 4.69) is 19.6 Å². The maximum atomic E-state index is 10.7. The van der Waals surface area contributed by atoms with Gasteiger partial charge < -0.3 is 4.74 Å². The van der Waals surface area contributed by atoms with Gasteiger partial charge in [-0.3, -0.25) is 4.79 Å². The molecule has 0 aromatic heterocycles. The van der Waals surface area contributed by atoms with E-state index in [0.29, 0.717) is 0 Å². The highest BCUT2D eigenvalue weighted by atomic mass is 16.5. The van der Waals surface area contributed by atoms with Crippen LogP contribution in [0, 0.1) is 0 Å². The van der Waals surface area contributed by atoms with E-state index in [1.54, 1.807) is 12.2 Å². The van der Waals surface area contributed by atoms with E-state index >= 15 is 0 Å². The first-order valence-corrected chi connectivity index (χ1v) is 5.33. The minimum absolute atomic E-state index is 0.292. The molecule has 0 aromatic carbocycles. The van der Waals surface area contributed by atoms with E-state index in [4.69, 9.17) is 4.74 Å². The van der Waals surface area contributed by atoms with Crippen LogP contribution in [0.4, 0.5) is 0 Å². The van der Waals surface area contributed by atoms with Gasteiger partial charge in [-0.1, -0.05) is 44.6 Å². The lowest BCUT2D eigenvalue weighted by atomic mass is 10.2. The number of hydrogen-bond acceptors (Lipinski definition) is 2. The molecule has 0 aromatic rings. The minimum Gasteiger partial charge on any atom is -0.454 e. The van der Waals surface area contributed by atoms with Crippen molar-refractivity contribution >= 4 is 5.97 Å². The largest absolute Gasteiger partial charge is 0.454 e. The van der Waals surface area contributed by atoms with E-state index < -0.39 is 0 Å². The fraction of sp³-hybridized carbons (Fsp3) is 0.462. The monoisotopic (exact) mass is 208 g/mol. The molecule has 15 heavy (non-hydrogen) atoms. The van der Waals surface area contributed by atoms with Crippen molar-refractivity contribution in [3.8, 4) is 0 Å². The third-order valence-corrected chi connectivity index (χ3v) is 1.81. The predicted octanol–water partition coefficient (Wildman–Crippen LogP) is 3.41. The summed E-state index contributed by atoms with van der Waals surface area (Å²) in [5.74, 6) is -0.292. The molecule has 0 saturated carbocycles. The molecule has 0 fully saturated rings. The Balaban J connectivity index is 3.85. The third-order valence-electron chi connectivity index (χ3n) is 1.81. The van der Waals surface area contributed by atoms with Crippen molar-refractivity contribution < 1.29 is 9.53 Å². The van der Waals surface area contributed by atoms with Crippen LogP contribution < -0.4 is 0 Å². The van der Waals surface area contributed by atoms with Gasteiger partial charge in [-0.15, -0.1) is 0 Å². The molecule has 2 heteroatoms. The Morgan fingerprint density at radius 2 is 2.20 bits per heavy atom. The van der Waals surface area contributed by atoms with Gasteiger partial charge in [-0.25, -0.2) is 0 Å². The summed E-state index contributed by atoms with van der Waals surface area (Å²) >= 11 is 0. The third kappa shape index (κ3) is 9.01. The molecule has 0 spiro atoms. The van der Waals surface area contributed by atoms with Crippen molar-refractivity contribution in [2.45, 2.75) is 39.2 Å². The molecule has 0 rings (SSSR count). The second-order valence-corrected chi connectivity index (χ2v) is 3.27. The Morgan fingerprint density at radius 3 is 2.73 bits per heavy atom. The van der Waals surface area contributed by atoms with Crippen LogP contribution in [0.3, 0.4) is 0 Å². The van der Waals surface area contributed by atoms with E-state index in [0.717, 1.165) is 6.42 Å². The Hall–Kier alpha value is -1.31. The highest BCUT2D eigenvalue weighted by Gasteiger charge is 2.00. The topological polar surface area (TPSA) is 26.3 Å². The summed E-state index contributed by atoms with van der Waals surface area (Å²) in [6, 6.07) is 0. The van der Waals surface area contributed by atoms with Gasteiger partial charge >= 0.3 is 5.97 Å². The van der Waals surface area contributed by atoms with Crippen molar-refractivity contribution in [1.29, 1.82) is 0 Å². The van der Waals surface area contributed by atoms with Crippen LogP contribution in [0.25, 0.3) is 0 Å². The lowest BCUT2D eigenvalue weighted by Crippen LogP contribution is -2.09. The van der Waals surface area contributed by atoms with Gasteiger partial charge in [0.05, 0.1) is 0 Å². The summed E-state index contributed by atoms with van der Waals surface area (Å²) in [5.41, 5.74) is 0. The van der Waals surface area contributed by atoms with E-state index in [1.807, 2.05) is 12.2 Å². The summed E-state index contributed by atoms with van der Waals surface area (Å²) in [5, 5.41) is 0. The Kier molecular flexibility index (Phi) is 8.44. The maximum absolute atomic E-state index is 10.7. The molecule has 84 valence electrons. The van der Waals surface area contributed by atoms with Gasteiger partial charge in [-0.05, 0) is 18.6 Å². The zero-order valence-electron chi connectivity index (χ0n) is 9.61. The molecule has 0 N–H and O–H groups in total. The zero-order valence-corrected chi connectivity index (χ0v) is 9.61. The summed E-state index contributed by atoms with van der Waals surface area (Å²) in [4.78, 5) is 10.7. The summed E-state index contributed by atoms with van der Waals surface area (Å²) in [6.45, 7) is 7.14. The quantitative estimate of drug-likeness (QED) is 0.277. The zero-order chi connectivity index (χ0) is 11.5. The van der Waals surface area contributed by atoms with Gasteiger partial charge in [-0.2, -0.15) is 0 Å². The van der Waals surface area contributed by atoms with Gasteiger partial charge in [0.1, 0.15) is 6.10 Å². The van der Waals surface area contributed by atoms with Crippen LogP contribution in [0.1, 0.15) is 33.1 Å². The molecular weight excluding hydrogens is 188 g/mol. The number of carbonyl (C=O) groups excluding carboxylic acids is 1. The molecule has 0 bridgehead atoms. The summed E-state index contributed by atoms with van der Waals surface area (Å²) in [7, 11) is 0. The lowest BCUT2D eigenvalue weighted by molar-refractivity contribution is -0.142. The van der Waals surface area contributed by atoms with Gasteiger partial charge in [0, 0.05) is 6.92 Å². The number of hydrogen-bond donors (Lipinski definition) is 0. The Morgan fingerprint density at radius 1 is 1.47 bits per heavy atom. The summed E-state index contributed by atoms with van der Waals surface area (Å²) in [6.07, 6.45) is 12.5. The number of rotatable bonds is 7. The van der Waals surface area contributed by atoms with E-state index in [-0.39, 0.29) is 12.1 Å². The summed E-state index contributed by atoms with van der Waals surface area (Å²) < 4.78 is 4.95. The van der Waals surface area contributed by atoms with Crippen molar-refractivity contribution in [2.75, 3.05) is 0 Å². The first kappa shape index (κ1) is 13.7. The molecule has 0 aliphatic heterocycles. The highest BCUT2D eigenvalue weighted by molar-refractivity contribution is 5.66. The molecular formula is C13H20O2. The molecule has 2 nitrogen and oxygen atoms in total. The van der Waals surface area contributed by atoms with Gasteiger partial charge in [0.15, 0.2) is 0 Å². The van der Waals surface area contributed by atoms with Crippen molar-refractivity contribution in [3.63, 3.8) is 0 Å². The van der Waals surface area contributed by atoms with E-state index in [1.165, 1.54) is 19.8 Å². The average molecular weight is 208 g/mol. The predicted molar refractivity (Wildman–Crippen MR) is 63.6 cm³/mol. The fourth-order valence-electron chi connectivity index (χ4n) is 1.03. The normalized spacial score (nSPS) is 13.2. The molecule has 0 radical (unpaired) electrons. The molecule has 0 saturated heterocycles. The maximum Gasteiger partial charge on any atom is 0.303 e. The van der Waals surface area contributed by atoms with Crippen LogP contribution in [0.5, 0.6) is 0 Å². The number of esters is 1. The number of unbranched alkanes of at least 4 members (excludes halogenated alkanes) is 2. The van der Waals surface area contributed by atoms with Gasteiger partial charge in [0.25, 0.3) is 0 Å². The molecule has 1 unspecified atom stereocenters. The van der Waals surface area contributed by atoms with Crippen LogP contribution >= 0.6 is 0 Å². The van der Waals surface area contributed by atoms with Crippen molar-refractivity contribution in [1.82, 2.24) is 0 Å². The SMILES string of the molecule is C=CC(/C=C/C=C/CCCC)OC(C)=O. The molecule has 0 heterocycles. The average Bonchev–Trinajstić information content (AvgIpc) is 2.20. The van der Waals surface area contributed by atoms with Crippen LogP contribution in [-0.4, -0.2) is 12.1 Å². The number of ether oxygens (including phenoxy) is 1. The minimum atomic E-state index is -0.321. The molecule has 0 aliphatic carbocycles. The first-order valence-electron chi connectivity index (χ1n) is 5.33. The second kappa shape index (κ2) is 9.25. The van der Waals surface area contributed by atoms with Crippen LogP contribution in [-0.2, 0) is 9.53 Å². The molecule has 0 amide bonds. The van der Waals surface area contributed by atoms with Crippen LogP contribution in [0.2, 0.25) is 0 Å². The number of carbonyl (C=O) groups is 1. The standard InChI is InChI=1S/C13H20O2/c1-4-6-7-8-9-10-11-13(5-2)15-12(3)14/h5,8-11,13H,2,4,6-7H2,1,3H3/b9-8+,11-10+. The highest BCUT2D eigenvalue weighted by Crippen LogP contribution is 1.98. The van der Waals surface area contributed by atoms with Gasteiger partial charge in [0.2, 0.25) is 0 Å². The lowest BCUT2D eigenvalue weighted by Gasteiger charge is -2.06. The molecule has 0 aliphatic rings. The van der Waals surface area contributed by atoms with Crippen LogP contribution in [0.15, 0.2) is 37.0 Å². The van der Waals surface area contributed by atoms with E-state index in [9.17, 15) is 4.79 Å². The van der Waals surface area contributed by atoms with Crippen molar-refractivity contribution in [2.24, 2.45) is 0 Å².